The van der Waals surface area contributed by atoms with Gasteiger partial charge < -0.3 is 10.2 Å². The Hall–Kier alpha value is -1.36. The van der Waals surface area contributed by atoms with Crippen LogP contribution < -0.4 is 5.32 Å². The first-order chi connectivity index (χ1) is 8.66. The molecule has 0 bridgehead atoms. The molecule has 1 aliphatic rings. The number of carbonyl (C=O) groups is 2. The Morgan fingerprint density at radius 1 is 1.17 bits per heavy atom. The van der Waals surface area contributed by atoms with E-state index in [9.17, 15) is 9.59 Å². The highest BCUT2D eigenvalue weighted by atomic mass is 32.1. The molecule has 5 heteroatoms. The van der Waals surface area contributed by atoms with E-state index in [1.54, 1.807) is 12.1 Å². The Morgan fingerprint density at radius 3 is 2.44 bits per heavy atom. The fourth-order valence-corrected chi connectivity index (χ4v) is 3.04. The third kappa shape index (κ3) is 3.32. The molecular weight excluding hydrogens is 248 g/mol. The molecule has 0 unspecified atom stereocenters. The molecule has 4 nitrogen and oxygen atoms in total. The SMILES string of the molecule is CC(=O)Nc1ccc(C(=O)N2CCCCCC2)s1. The lowest BCUT2D eigenvalue weighted by Gasteiger charge is -2.19. The molecule has 1 fully saturated rings. The zero-order valence-corrected chi connectivity index (χ0v) is 11.4. The van der Waals surface area contributed by atoms with Crippen LogP contribution in [0.3, 0.4) is 0 Å². The van der Waals surface area contributed by atoms with Crippen molar-refractivity contribution in [3.63, 3.8) is 0 Å². The van der Waals surface area contributed by atoms with E-state index in [-0.39, 0.29) is 11.8 Å². The lowest BCUT2D eigenvalue weighted by Crippen LogP contribution is -2.31. The summed E-state index contributed by atoms with van der Waals surface area (Å²) in [6, 6.07) is 3.58. The molecule has 0 saturated carbocycles. The van der Waals surface area contributed by atoms with Gasteiger partial charge in [0.25, 0.3) is 5.91 Å². The molecule has 0 radical (unpaired) electrons. The van der Waals surface area contributed by atoms with Crippen molar-refractivity contribution in [2.24, 2.45) is 0 Å². The normalized spacial score (nSPS) is 16.2. The van der Waals surface area contributed by atoms with E-state index in [0.717, 1.165) is 30.9 Å². The fourth-order valence-electron chi connectivity index (χ4n) is 2.12. The summed E-state index contributed by atoms with van der Waals surface area (Å²) >= 11 is 1.35. The average Bonchev–Trinajstić information content (AvgIpc) is 2.63. The van der Waals surface area contributed by atoms with Gasteiger partial charge in [0.15, 0.2) is 0 Å². The van der Waals surface area contributed by atoms with E-state index in [1.165, 1.54) is 31.1 Å². The second kappa shape index (κ2) is 6.00. The van der Waals surface area contributed by atoms with E-state index in [1.807, 2.05) is 4.90 Å². The molecule has 1 aliphatic heterocycles. The zero-order chi connectivity index (χ0) is 13.0. The molecule has 1 saturated heterocycles. The van der Waals surface area contributed by atoms with Crippen molar-refractivity contribution in [1.29, 1.82) is 0 Å². The molecule has 1 aromatic heterocycles. The van der Waals surface area contributed by atoms with Gasteiger partial charge in [-0.2, -0.15) is 0 Å². The van der Waals surface area contributed by atoms with Crippen LogP contribution in [0.1, 0.15) is 42.3 Å². The van der Waals surface area contributed by atoms with Crippen LogP contribution in [0, 0.1) is 0 Å². The Labute approximate surface area is 111 Å². The van der Waals surface area contributed by atoms with Gasteiger partial charge in [-0.05, 0) is 25.0 Å². The first-order valence-electron chi connectivity index (χ1n) is 6.33. The van der Waals surface area contributed by atoms with Crippen molar-refractivity contribution < 1.29 is 9.59 Å². The molecule has 2 amide bonds. The minimum Gasteiger partial charge on any atom is -0.338 e. The van der Waals surface area contributed by atoms with Crippen molar-refractivity contribution in [2.75, 3.05) is 18.4 Å². The van der Waals surface area contributed by atoms with Gasteiger partial charge in [0.2, 0.25) is 5.91 Å². The highest BCUT2D eigenvalue weighted by Crippen LogP contribution is 2.24. The van der Waals surface area contributed by atoms with Gasteiger partial charge in [-0.1, -0.05) is 12.8 Å². The number of amides is 2. The lowest BCUT2D eigenvalue weighted by molar-refractivity contribution is -0.114. The maximum absolute atomic E-state index is 12.3. The predicted molar refractivity (Wildman–Crippen MR) is 73.0 cm³/mol. The third-order valence-electron chi connectivity index (χ3n) is 3.01. The van der Waals surface area contributed by atoms with Crippen molar-refractivity contribution in [3.8, 4) is 0 Å². The number of anilines is 1. The molecule has 2 heterocycles. The van der Waals surface area contributed by atoms with Crippen LogP contribution in [-0.4, -0.2) is 29.8 Å². The Balaban J connectivity index is 2.03. The molecular formula is C13H18N2O2S. The van der Waals surface area contributed by atoms with E-state index in [4.69, 9.17) is 0 Å². The Morgan fingerprint density at radius 2 is 1.83 bits per heavy atom. The summed E-state index contributed by atoms with van der Waals surface area (Å²) in [5, 5.41) is 3.44. The minimum atomic E-state index is -0.106. The Kier molecular flexibility index (Phi) is 4.36. The Bertz CT molecular complexity index is 434. The molecule has 0 atom stereocenters. The summed E-state index contributed by atoms with van der Waals surface area (Å²) in [7, 11) is 0. The van der Waals surface area contributed by atoms with Crippen LogP contribution >= 0.6 is 11.3 Å². The predicted octanol–water partition coefficient (Wildman–Crippen LogP) is 2.72. The van der Waals surface area contributed by atoms with Gasteiger partial charge in [0.1, 0.15) is 0 Å². The summed E-state index contributed by atoms with van der Waals surface area (Å²) < 4.78 is 0. The monoisotopic (exact) mass is 266 g/mol. The molecule has 0 aliphatic carbocycles. The fraction of sp³-hybridized carbons (Fsp3) is 0.538. The number of hydrogen-bond acceptors (Lipinski definition) is 3. The summed E-state index contributed by atoms with van der Waals surface area (Å²) in [5.74, 6) is -0.0101. The second-order valence-electron chi connectivity index (χ2n) is 4.55. The maximum Gasteiger partial charge on any atom is 0.263 e. The van der Waals surface area contributed by atoms with Crippen molar-refractivity contribution >= 4 is 28.2 Å². The quantitative estimate of drug-likeness (QED) is 0.894. The first-order valence-corrected chi connectivity index (χ1v) is 7.15. The molecule has 0 spiro atoms. The molecule has 2 rings (SSSR count). The van der Waals surface area contributed by atoms with E-state index >= 15 is 0 Å². The molecule has 18 heavy (non-hydrogen) atoms. The van der Waals surface area contributed by atoms with Crippen molar-refractivity contribution in [3.05, 3.63) is 17.0 Å². The summed E-state index contributed by atoms with van der Waals surface area (Å²) in [6.07, 6.45) is 4.61. The summed E-state index contributed by atoms with van der Waals surface area (Å²) in [4.78, 5) is 25.9. The van der Waals surface area contributed by atoms with Gasteiger partial charge in [-0.3, -0.25) is 9.59 Å². The molecule has 1 N–H and O–H groups in total. The van der Waals surface area contributed by atoms with Crippen LogP contribution in [0.5, 0.6) is 0 Å². The molecule has 0 aromatic carbocycles. The highest BCUT2D eigenvalue weighted by Gasteiger charge is 2.18. The standard InChI is InChI=1S/C13H18N2O2S/c1-10(16)14-12-7-6-11(18-12)13(17)15-8-4-2-3-5-9-15/h6-7H,2-5,8-9H2,1H3,(H,14,16). The van der Waals surface area contributed by atoms with Gasteiger partial charge in [-0.25, -0.2) is 0 Å². The van der Waals surface area contributed by atoms with E-state index < -0.39 is 0 Å². The summed E-state index contributed by atoms with van der Waals surface area (Å²) in [5.41, 5.74) is 0. The number of carbonyl (C=O) groups excluding carboxylic acids is 2. The number of nitrogens with zero attached hydrogens (tertiary/aromatic N) is 1. The molecule has 98 valence electrons. The number of rotatable bonds is 2. The van der Waals surface area contributed by atoms with Crippen LogP contribution in [0.2, 0.25) is 0 Å². The number of thiophene rings is 1. The van der Waals surface area contributed by atoms with Gasteiger partial charge in [0.05, 0.1) is 9.88 Å². The van der Waals surface area contributed by atoms with Crippen molar-refractivity contribution in [2.45, 2.75) is 32.6 Å². The number of hydrogen-bond donors (Lipinski definition) is 1. The lowest BCUT2D eigenvalue weighted by atomic mass is 10.2. The van der Waals surface area contributed by atoms with Crippen LogP contribution in [-0.2, 0) is 4.79 Å². The molecule has 1 aromatic rings. The third-order valence-corrected chi connectivity index (χ3v) is 4.00. The highest BCUT2D eigenvalue weighted by molar-refractivity contribution is 7.18. The van der Waals surface area contributed by atoms with Crippen LogP contribution in [0.25, 0.3) is 0 Å². The number of nitrogens with one attached hydrogen (secondary N) is 1. The summed E-state index contributed by atoms with van der Waals surface area (Å²) in [6.45, 7) is 3.18. The largest absolute Gasteiger partial charge is 0.338 e. The van der Waals surface area contributed by atoms with E-state index in [2.05, 4.69) is 5.32 Å². The second-order valence-corrected chi connectivity index (χ2v) is 5.64. The average molecular weight is 266 g/mol. The number of likely N-dealkylation sites (tertiary alicyclic amines) is 1. The van der Waals surface area contributed by atoms with Crippen molar-refractivity contribution in [1.82, 2.24) is 4.90 Å². The minimum absolute atomic E-state index is 0.0958. The van der Waals surface area contributed by atoms with E-state index in [0.29, 0.717) is 4.88 Å². The smallest absolute Gasteiger partial charge is 0.263 e. The topological polar surface area (TPSA) is 49.4 Å². The van der Waals surface area contributed by atoms with Gasteiger partial charge in [-0.15, -0.1) is 11.3 Å². The van der Waals surface area contributed by atoms with Gasteiger partial charge in [0, 0.05) is 20.0 Å². The maximum atomic E-state index is 12.3. The van der Waals surface area contributed by atoms with Gasteiger partial charge >= 0.3 is 0 Å². The zero-order valence-electron chi connectivity index (χ0n) is 10.6. The van der Waals surface area contributed by atoms with Crippen LogP contribution in [0.15, 0.2) is 12.1 Å². The first kappa shape index (κ1) is 13.1. The van der Waals surface area contributed by atoms with Crippen LogP contribution in [0.4, 0.5) is 5.00 Å².